The van der Waals surface area contributed by atoms with E-state index >= 15 is 0 Å². The molecule has 130 valence electrons. The van der Waals surface area contributed by atoms with Crippen molar-refractivity contribution < 1.29 is 19.8 Å². The van der Waals surface area contributed by atoms with E-state index in [1.807, 2.05) is 49.4 Å². The molecule has 0 aliphatic carbocycles. The highest BCUT2D eigenvalue weighted by molar-refractivity contribution is 6.07. The first-order chi connectivity index (χ1) is 12.4. The van der Waals surface area contributed by atoms with E-state index in [-0.39, 0.29) is 17.0 Å². The number of aromatic carboxylic acids is 1. The first-order valence-electron chi connectivity index (χ1n) is 7.99. The highest BCUT2D eigenvalue weighted by Crippen LogP contribution is 2.23. The van der Waals surface area contributed by atoms with Crippen LogP contribution in [-0.2, 0) is 4.79 Å². The summed E-state index contributed by atoms with van der Waals surface area (Å²) in [4.78, 5) is 23.5. The van der Waals surface area contributed by atoms with Gasteiger partial charge < -0.3 is 15.5 Å². The molecule has 26 heavy (non-hydrogen) atoms. The fourth-order valence-electron chi connectivity index (χ4n) is 2.70. The Morgan fingerprint density at radius 3 is 2.42 bits per heavy atom. The summed E-state index contributed by atoms with van der Waals surface area (Å²) in [6.07, 6.45) is 1.42. The summed E-state index contributed by atoms with van der Waals surface area (Å²) in [5.41, 5.74) is 1.62. The van der Waals surface area contributed by atoms with E-state index in [1.165, 1.54) is 18.2 Å². The standard InChI is InChI=1S/C21H17NO4/c1-13(15-7-6-14-4-2-3-5-16(14)11-15)10-20(24)22-19-9-8-17(23)12-18(19)21(25)26/h2-12,23H,1H3,(H,22,24)(H,25,26)/b13-10-. The van der Waals surface area contributed by atoms with E-state index < -0.39 is 11.9 Å². The summed E-state index contributed by atoms with van der Waals surface area (Å²) >= 11 is 0. The van der Waals surface area contributed by atoms with Crippen LogP contribution in [0.2, 0.25) is 0 Å². The third kappa shape index (κ3) is 3.72. The van der Waals surface area contributed by atoms with Gasteiger partial charge in [-0.05, 0) is 53.1 Å². The van der Waals surface area contributed by atoms with Crippen molar-refractivity contribution in [2.75, 3.05) is 5.32 Å². The number of carbonyl (C=O) groups excluding carboxylic acids is 1. The first-order valence-corrected chi connectivity index (χ1v) is 7.99. The molecule has 0 bridgehead atoms. The van der Waals surface area contributed by atoms with Crippen molar-refractivity contribution in [3.05, 3.63) is 77.9 Å². The smallest absolute Gasteiger partial charge is 0.337 e. The topological polar surface area (TPSA) is 86.6 Å². The van der Waals surface area contributed by atoms with Gasteiger partial charge in [0.05, 0.1) is 11.3 Å². The number of anilines is 1. The largest absolute Gasteiger partial charge is 0.508 e. The monoisotopic (exact) mass is 347 g/mol. The molecule has 0 aromatic heterocycles. The fraction of sp³-hybridized carbons (Fsp3) is 0.0476. The van der Waals surface area contributed by atoms with Gasteiger partial charge in [-0.15, -0.1) is 0 Å². The van der Waals surface area contributed by atoms with Crippen LogP contribution in [0.3, 0.4) is 0 Å². The van der Waals surface area contributed by atoms with Crippen molar-refractivity contribution in [1.82, 2.24) is 0 Å². The summed E-state index contributed by atoms with van der Waals surface area (Å²) in [5.74, 6) is -1.85. The molecule has 0 aliphatic rings. The van der Waals surface area contributed by atoms with Gasteiger partial charge in [-0.1, -0.05) is 36.4 Å². The van der Waals surface area contributed by atoms with Gasteiger partial charge in [-0.25, -0.2) is 4.79 Å². The summed E-state index contributed by atoms with van der Waals surface area (Å²) in [6, 6.07) is 17.6. The number of hydrogen-bond donors (Lipinski definition) is 3. The summed E-state index contributed by atoms with van der Waals surface area (Å²) in [7, 11) is 0. The van der Waals surface area contributed by atoms with Crippen LogP contribution in [-0.4, -0.2) is 22.1 Å². The van der Waals surface area contributed by atoms with Crippen LogP contribution < -0.4 is 5.32 Å². The zero-order valence-corrected chi connectivity index (χ0v) is 14.1. The van der Waals surface area contributed by atoms with Crippen molar-refractivity contribution in [3.63, 3.8) is 0 Å². The maximum atomic E-state index is 12.3. The van der Waals surface area contributed by atoms with Gasteiger partial charge in [0.2, 0.25) is 5.91 Å². The Kier molecular flexibility index (Phi) is 4.71. The van der Waals surface area contributed by atoms with E-state index in [0.29, 0.717) is 0 Å². The zero-order valence-electron chi connectivity index (χ0n) is 14.1. The van der Waals surface area contributed by atoms with Gasteiger partial charge in [0.15, 0.2) is 0 Å². The predicted octanol–water partition coefficient (Wildman–Crippen LogP) is 4.29. The summed E-state index contributed by atoms with van der Waals surface area (Å²) in [6.45, 7) is 1.82. The van der Waals surface area contributed by atoms with Gasteiger partial charge in [-0.3, -0.25) is 4.79 Å². The number of aromatic hydroxyl groups is 1. The van der Waals surface area contributed by atoms with E-state index in [9.17, 15) is 19.8 Å². The number of fused-ring (bicyclic) bond motifs is 1. The number of benzene rings is 3. The third-order valence-electron chi connectivity index (χ3n) is 4.04. The Labute approximate surface area is 150 Å². The maximum Gasteiger partial charge on any atom is 0.337 e. The number of hydrogen-bond acceptors (Lipinski definition) is 3. The van der Waals surface area contributed by atoms with Gasteiger partial charge in [0.25, 0.3) is 0 Å². The van der Waals surface area contributed by atoms with E-state index in [2.05, 4.69) is 5.32 Å². The molecule has 3 rings (SSSR count). The number of carboxylic acid groups (broad SMARTS) is 1. The third-order valence-corrected chi connectivity index (χ3v) is 4.04. The molecule has 1 amide bonds. The summed E-state index contributed by atoms with van der Waals surface area (Å²) in [5, 5.41) is 23.3. The average molecular weight is 347 g/mol. The molecular formula is C21H17NO4. The number of phenolic OH excluding ortho intramolecular Hbond substituents is 1. The highest BCUT2D eigenvalue weighted by Gasteiger charge is 2.13. The lowest BCUT2D eigenvalue weighted by Gasteiger charge is -2.08. The second-order valence-corrected chi connectivity index (χ2v) is 5.91. The predicted molar refractivity (Wildman–Crippen MR) is 101 cm³/mol. The molecule has 0 unspecified atom stereocenters. The van der Waals surface area contributed by atoms with Crippen molar-refractivity contribution in [1.29, 1.82) is 0 Å². The van der Waals surface area contributed by atoms with E-state index in [1.54, 1.807) is 0 Å². The second-order valence-electron chi connectivity index (χ2n) is 5.91. The molecule has 0 saturated carbocycles. The lowest BCUT2D eigenvalue weighted by molar-refractivity contribution is -0.111. The Bertz CT molecular complexity index is 1040. The van der Waals surface area contributed by atoms with Crippen molar-refractivity contribution in [3.8, 4) is 5.75 Å². The Morgan fingerprint density at radius 2 is 1.69 bits per heavy atom. The van der Waals surface area contributed by atoms with Gasteiger partial charge in [0, 0.05) is 6.08 Å². The number of rotatable bonds is 4. The van der Waals surface area contributed by atoms with Crippen LogP contribution in [0.25, 0.3) is 16.3 Å². The second kappa shape index (κ2) is 7.11. The molecule has 0 fully saturated rings. The quantitative estimate of drug-likeness (QED) is 0.485. The fourth-order valence-corrected chi connectivity index (χ4v) is 2.70. The number of phenols is 1. The zero-order chi connectivity index (χ0) is 18.7. The van der Waals surface area contributed by atoms with E-state index in [0.717, 1.165) is 28.0 Å². The minimum Gasteiger partial charge on any atom is -0.508 e. The van der Waals surface area contributed by atoms with Gasteiger partial charge >= 0.3 is 5.97 Å². The molecule has 0 radical (unpaired) electrons. The van der Waals surface area contributed by atoms with Crippen LogP contribution in [0.4, 0.5) is 5.69 Å². The number of carboxylic acids is 1. The molecule has 0 aliphatic heterocycles. The molecule has 0 atom stereocenters. The molecule has 0 saturated heterocycles. The highest BCUT2D eigenvalue weighted by atomic mass is 16.4. The number of carbonyl (C=O) groups is 2. The number of amides is 1. The molecule has 3 N–H and O–H groups in total. The summed E-state index contributed by atoms with van der Waals surface area (Å²) < 4.78 is 0. The normalized spacial score (nSPS) is 11.3. The minimum atomic E-state index is -1.23. The molecule has 0 heterocycles. The Morgan fingerprint density at radius 1 is 0.962 bits per heavy atom. The maximum absolute atomic E-state index is 12.3. The van der Waals surface area contributed by atoms with Crippen LogP contribution in [0.1, 0.15) is 22.8 Å². The van der Waals surface area contributed by atoms with Crippen molar-refractivity contribution in [2.45, 2.75) is 6.92 Å². The van der Waals surface area contributed by atoms with Crippen LogP contribution in [0, 0.1) is 0 Å². The van der Waals surface area contributed by atoms with Gasteiger partial charge in [0.1, 0.15) is 5.75 Å². The Hall–Kier alpha value is -3.60. The Balaban J connectivity index is 1.85. The van der Waals surface area contributed by atoms with Crippen LogP contribution in [0.5, 0.6) is 5.75 Å². The molecule has 3 aromatic carbocycles. The van der Waals surface area contributed by atoms with Crippen molar-refractivity contribution >= 4 is 33.9 Å². The number of allylic oxidation sites excluding steroid dienone is 1. The van der Waals surface area contributed by atoms with Crippen molar-refractivity contribution in [2.24, 2.45) is 0 Å². The average Bonchev–Trinajstić information content (AvgIpc) is 2.62. The molecule has 3 aromatic rings. The SMILES string of the molecule is C/C(=C/C(=O)Nc1ccc(O)cc1C(=O)O)c1ccc2ccccc2c1. The minimum absolute atomic E-state index is 0.128. The molecular weight excluding hydrogens is 330 g/mol. The van der Waals surface area contributed by atoms with Crippen LogP contribution in [0.15, 0.2) is 66.7 Å². The molecule has 5 heteroatoms. The molecule has 0 spiro atoms. The van der Waals surface area contributed by atoms with E-state index in [4.69, 9.17) is 0 Å². The lowest BCUT2D eigenvalue weighted by Crippen LogP contribution is -2.12. The van der Waals surface area contributed by atoms with Gasteiger partial charge in [-0.2, -0.15) is 0 Å². The lowest BCUT2D eigenvalue weighted by atomic mass is 10.0. The molecule has 5 nitrogen and oxygen atoms in total. The van der Waals surface area contributed by atoms with Crippen LogP contribution >= 0.6 is 0 Å². The first kappa shape index (κ1) is 17.2. The number of nitrogens with one attached hydrogen (secondary N) is 1.